The van der Waals surface area contributed by atoms with Gasteiger partial charge >= 0.3 is 5.97 Å². The van der Waals surface area contributed by atoms with Gasteiger partial charge in [0.2, 0.25) is 8.32 Å². The van der Waals surface area contributed by atoms with E-state index in [4.69, 9.17) is 13.9 Å². The van der Waals surface area contributed by atoms with Crippen LogP contribution in [0.5, 0.6) is 0 Å². The minimum Gasteiger partial charge on any atom is -0.460 e. The molecule has 200 valence electrons. The van der Waals surface area contributed by atoms with Crippen molar-refractivity contribution in [3.8, 4) is 0 Å². The Morgan fingerprint density at radius 2 is 1.37 bits per heavy atom. The molecule has 6 heteroatoms. The van der Waals surface area contributed by atoms with Crippen molar-refractivity contribution in [1.82, 2.24) is 0 Å². The van der Waals surface area contributed by atoms with E-state index in [1.54, 1.807) is 0 Å². The number of Topliss-reactive ketones (excluding diaryl/α,β-unsaturated/α-hetero) is 1. The minimum atomic E-state index is -2.27. The number of ketones is 1. The molecule has 0 saturated heterocycles. The predicted molar refractivity (Wildman–Crippen MR) is 146 cm³/mol. The average Bonchev–Trinajstić information content (AvgIpc) is 2.72. The molecular formula is C29H50O5Si. The summed E-state index contributed by atoms with van der Waals surface area (Å²) in [6.07, 6.45) is -0.574. The summed E-state index contributed by atoms with van der Waals surface area (Å²) >= 11 is 0. The Hall–Kier alpha value is -1.50. The highest BCUT2D eigenvalue weighted by Gasteiger charge is 2.48. The number of carbonyl (C=O) groups excluding carboxylic acids is 2. The van der Waals surface area contributed by atoms with Gasteiger partial charge in [0.1, 0.15) is 17.8 Å². The maximum atomic E-state index is 13.3. The van der Waals surface area contributed by atoms with Gasteiger partial charge in [-0.2, -0.15) is 0 Å². The molecule has 5 nitrogen and oxygen atoms in total. The first-order chi connectivity index (χ1) is 16.1. The zero-order valence-corrected chi connectivity index (χ0v) is 25.0. The lowest BCUT2D eigenvalue weighted by molar-refractivity contribution is -0.157. The summed E-state index contributed by atoms with van der Waals surface area (Å²) < 4.78 is 18.6. The predicted octanol–water partition coefficient (Wildman–Crippen LogP) is 7.34. The van der Waals surface area contributed by atoms with Crippen LogP contribution in [-0.2, 0) is 30.1 Å². The summed E-state index contributed by atoms with van der Waals surface area (Å²) in [5.41, 5.74) is 1.65. The Bertz CT molecular complexity index is 760. The Morgan fingerprint density at radius 1 is 0.857 bits per heavy atom. The molecule has 0 fully saturated rings. The number of ether oxygens (including phenoxy) is 2. The molecule has 0 aliphatic heterocycles. The maximum Gasteiger partial charge on any atom is 0.313 e. The van der Waals surface area contributed by atoms with Gasteiger partial charge in [-0.3, -0.25) is 9.59 Å². The van der Waals surface area contributed by atoms with Crippen LogP contribution in [0, 0.1) is 11.8 Å². The van der Waals surface area contributed by atoms with Crippen LogP contribution in [-0.4, -0.2) is 38.4 Å². The molecule has 0 aromatic heterocycles. The standard InChI is InChI=1S/C29H50O5Si/c1-20(2)35(21(3)4,22(5)6)34-28(23(7)18-32-19-25-15-13-12-14-16-25)24(8)26(30)17-27(31)33-29(9,10)11/h12-16,20-24,28H,17-19H2,1-11H3/t23-,24-,28+/m0/s1. The number of benzene rings is 1. The van der Waals surface area contributed by atoms with Crippen molar-refractivity contribution in [2.45, 2.75) is 118 Å². The third-order valence-corrected chi connectivity index (χ3v) is 12.9. The lowest BCUT2D eigenvalue weighted by Gasteiger charge is -2.47. The van der Waals surface area contributed by atoms with E-state index in [9.17, 15) is 9.59 Å². The average molecular weight is 507 g/mol. The molecular weight excluding hydrogens is 456 g/mol. The normalized spacial score (nSPS) is 15.4. The van der Waals surface area contributed by atoms with Crippen LogP contribution in [0.4, 0.5) is 0 Å². The van der Waals surface area contributed by atoms with Crippen LogP contribution in [0.25, 0.3) is 0 Å². The molecule has 1 aromatic rings. The van der Waals surface area contributed by atoms with Crippen molar-refractivity contribution in [1.29, 1.82) is 0 Å². The Labute approximate surface area is 215 Å². The van der Waals surface area contributed by atoms with Gasteiger partial charge < -0.3 is 13.9 Å². The largest absolute Gasteiger partial charge is 0.460 e. The van der Waals surface area contributed by atoms with Gasteiger partial charge in [0.05, 0.1) is 19.3 Å². The van der Waals surface area contributed by atoms with Crippen molar-refractivity contribution < 1.29 is 23.5 Å². The fraction of sp³-hybridized carbons (Fsp3) is 0.724. The zero-order chi connectivity index (χ0) is 27.0. The van der Waals surface area contributed by atoms with Crippen LogP contribution in [0.2, 0.25) is 16.6 Å². The number of esters is 1. The van der Waals surface area contributed by atoms with Gasteiger partial charge in [0, 0.05) is 11.8 Å². The molecule has 0 heterocycles. The quantitative estimate of drug-likeness (QED) is 0.150. The van der Waals surface area contributed by atoms with E-state index in [1.165, 1.54) is 0 Å². The summed E-state index contributed by atoms with van der Waals surface area (Å²) in [6, 6.07) is 10.1. The highest BCUT2D eigenvalue weighted by Crippen LogP contribution is 2.44. The second kappa shape index (κ2) is 13.7. The smallest absolute Gasteiger partial charge is 0.313 e. The van der Waals surface area contributed by atoms with Crippen molar-refractivity contribution in [2.75, 3.05) is 6.61 Å². The first kappa shape index (κ1) is 31.5. The summed E-state index contributed by atoms with van der Waals surface area (Å²) in [5.74, 6) is -1.08. The Morgan fingerprint density at radius 3 is 1.83 bits per heavy atom. The van der Waals surface area contributed by atoms with Crippen LogP contribution < -0.4 is 0 Å². The second-order valence-electron chi connectivity index (χ2n) is 11.9. The molecule has 0 radical (unpaired) electrons. The van der Waals surface area contributed by atoms with Crippen LogP contribution in [0.3, 0.4) is 0 Å². The molecule has 0 aliphatic rings. The Kier molecular flexibility index (Phi) is 12.3. The van der Waals surface area contributed by atoms with E-state index in [1.807, 2.05) is 58.0 Å². The van der Waals surface area contributed by atoms with E-state index in [0.29, 0.717) is 29.8 Å². The highest BCUT2D eigenvalue weighted by atomic mass is 28.4. The van der Waals surface area contributed by atoms with Crippen LogP contribution >= 0.6 is 0 Å². The number of hydrogen-bond donors (Lipinski definition) is 0. The molecule has 1 aromatic carbocycles. The third kappa shape index (κ3) is 9.47. The monoisotopic (exact) mass is 506 g/mol. The minimum absolute atomic E-state index is 0.0144. The van der Waals surface area contributed by atoms with Gasteiger partial charge in [0.15, 0.2) is 0 Å². The van der Waals surface area contributed by atoms with Gasteiger partial charge in [-0.05, 0) is 43.0 Å². The van der Waals surface area contributed by atoms with E-state index >= 15 is 0 Å². The van der Waals surface area contributed by atoms with E-state index < -0.39 is 25.8 Å². The van der Waals surface area contributed by atoms with E-state index in [2.05, 4.69) is 48.5 Å². The molecule has 0 saturated carbocycles. The summed E-state index contributed by atoms with van der Waals surface area (Å²) in [6.45, 7) is 23.9. The molecule has 1 rings (SSSR count). The van der Waals surface area contributed by atoms with Crippen molar-refractivity contribution in [3.63, 3.8) is 0 Å². The lowest BCUT2D eigenvalue weighted by atomic mass is 9.89. The summed E-state index contributed by atoms with van der Waals surface area (Å²) in [4.78, 5) is 25.7. The van der Waals surface area contributed by atoms with Crippen LogP contribution in [0.1, 0.15) is 88.1 Å². The van der Waals surface area contributed by atoms with Crippen molar-refractivity contribution in [3.05, 3.63) is 35.9 Å². The van der Waals surface area contributed by atoms with Crippen molar-refractivity contribution >= 4 is 20.1 Å². The molecule has 0 amide bonds. The SMILES string of the molecule is CC(C)[Si](O[C@H]([C@@H](C)COCc1ccccc1)[C@@H](C)C(=O)CC(=O)OC(C)(C)C)(C(C)C)C(C)C. The molecule has 0 spiro atoms. The Balaban J connectivity index is 3.14. The van der Waals surface area contributed by atoms with Gasteiger partial charge in [-0.15, -0.1) is 0 Å². The number of carbonyl (C=O) groups is 2. The highest BCUT2D eigenvalue weighted by molar-refractivity contribution is 6.77. The first-order valence-electron chi connectivity index (χ1n) is 13.2. The topological polar surface area (TPSA) is 61.8 Å². The molecule has 0 unspecified atom stereocenters. The summed E-state index contributed by atoms with van der Waals surface area (Å²) in [7, 11) is -2.27. The molecule has 3 atom stereocenters. The van der Waals surface area contributed by atoms with Gasteiger partial charge in [0.25, 0.3) is 0 Å². The van der Waals surface area contributed by atoms with Crippen molar-refractivity contribution in [2.24, 2.45) is 11.8 Å². The fourth-order valence-corrected chi connectivity index (χ4v) is 11.0. The maximum absolute atomic E-state index is 13.3. The molecule has 0 bridgehead atoms. The second-order valence-corrected chi connectivity index (χ2v) is 17.3. The number of hydrogen-bond acceptors (Lipinski definition) is 5. The lowest BCUT2D eigenvalue weighted by Crippen LogP contribution is -2.53. The molecule has 0 aliphatic carbocycles. The first-order valence-corrected chi connectivity index (χ1v) is 15.3. The molecule has 35 heavy (non-hydrogen) atoms. The van der Waals surface area contributed by atoms with Gasteiger partial charge in [-0.25, -0.2) is 0 Å². The van der Waals surface area contributed by atoms with Gasteiger partial charge in [-0.1, -0.05) is 85.7 Å². The zero-order valence-electron chi connectivity index (χ0n) is 24.0. The fourth-order valence-electron chi connectivity index (χ4n) is 5.25. The third-order valence-electron chi connectivity index (χ3n) is 6.84. The van der Waals surface area contributed by atoms with Crippen LogP contribution in [0.15, 0.2) is 30.3 Å². The summed E-state index contributed by atoms with van der Waals surface area (Å²) in [5, 5.41) is 0. The number of rotatable bonds is 14. The molecule has 0 N–H and O–H groups in total. The van der Waals surface area contributed by atoms with E-state index in [-0.39, 0.29) is 24.2 Å². The van der Waals surface area contributed by atoms with E-state index in [0.717, 1.165) is 5.56 Å².